The molecule has 5 nitrogen and oxygen atoms in total. The number of rotatable bonds is 5. The first-order valence-electron chi connectivity index (χ1n) is 9.94. The van der Waals surface area contributed by atoms with Gasteiger partial charge in [0, 0.05) is 38.1 Å². The highest BCUT2D eigenvalue weighted by Gasteiger charge is 2.20. The van der Waals surface area contributed by atoms with Crippen LogP contribution in [0.1, 0.15) is 11.1 Å². The number of carbonyl (C=O) groups is 1. The van der Waals surface area contributed by atoms with Crippen LogP contribution in [0.4, 0.5) is 5.82 Å². The predicted molar refractivity (Wildman–Crippen MR) is 115 cm³/mol. The fourth-order valence-electron chi connectivity index (χ4n) is 3.95. The molecule has 2 heterocycles. The number of benzene rings is 2. The monoisotopic (exact) mass is 376 g/mol. The minimum Gasteiger partial charge on any atom is -0.323 e. The van der Waals surface area contributed by atoms with E-state index in [1.54, 1.807) is 0 Å². The van der Waals surface area contributed by atoms with Crippen LogP contribution in [0.5, 0.6) is 0 Å². The molecule has 0 saturated carbocycles. The number of piperazine rings is 1. The summed E-state index contributed by atoms with van der Waals surface area (Å²) in [6, 6.07) is 18.8. The molecule has 0 aliphatic carbocycles. The molecule has 1 saturated heterocycles. The molecule has 0 radical (unpaired) electrons. The molecule has 4 rings (SSSR count). The second kappa shape index (κ2) is 8.17. The molecule has 2 aromatic carbocycles. The topological polar surface area (TPSA) is 40.5 Å². The summed E-state index contributed by atoms with van der Waals surface area (Å²) in [5, 5.41) is 4.40. The molecule has 0 spiro atoms. The lowest BCUT2D eigenvalue weighted by Gasteiger charge is -2.31. The number of aromatic nitrogens is 1. The maximum atomic E-state index is 12.8. The van der Waals surface area contributed by atoms with Crippen LogP contribution in [-0.4, -0.2) is 60.0 Å². The number of fused-ring (bicyclic) bond motifs is 1. The summed E-state index contributed by atoms with van der Waals surface area (Å²) in [6.07, 6.45) is 0. The van der Waals surface area contributed by atoms with E-state index in [1.807, 2.05) is 6.07 Å². The number of nitrogens with one attached hydrogen (secondary N) is 1. The third-order valence-corrected chi connectivity index (χ3v) is 5.63. The zero-order chi connectivity index (χ0) is 19.5. The van der Waals surface area contributed by atoms with E-state index < -0.39 is 0 Å². The van der Waals surface area contributed by atoms with Gasteiger partial charge in [0.15, 0.2) is 0 Å². The second-order valence-corrected chi connectivity index (χ2v) is 7.69. The Morgan fingerprint density at radius 1 is 0.964 bits per heavy atom. The third-order valence-electron chi connectivity index (χ3n) is 5.63. The van der Waals surface area contributed by atoms with Gasteiger partial charge in [-0.2, -0.15) is 0 Å². The van der Waals surface area contributed by atoms with Crippen LogP contribution in [0.25, 0.3) is 10.9 Å². The zero-order valence-electron chi connectivity index (χ0n) is 16.7. The van der Waals surface area contributed by atoms with Crippen molar-refractivity contribution in [1.82, 2.24) is 14.4 Å². The summed E-state index contributed by atoms with van der Waals surface area (Å²) < 4.78 is 2.22. The van der Waals surface area contributed by atoms with Gasteiger partial charge in [0.05, 0.1) is 12.1 Å². The Morgan fingerprint density at radius 3 is 2.39 bits per heavy atom. The van der Waals surface area contributed by atoms with Crippen molar-refractivity contribution in [2.45, 2.75) is 13.5 Å². The summed E-state index contributed by atoms with van der Waals surface area (Å²) in [5.41, 5.74) is 3.50. The van der Waals surface area contributed by atoms with Gasteiger partial charge in [0.25, 0.3) is 0 Å². The Bertz CT molecular complexity index is 955. The van der Waals surface area contributed by atoms with E-state index in [0.29, 0.717) is 6.54 Å². The molecule has 0 unspecified atom stereocenters. The Hall–Kier alpha value is -2.63. The Morgan fingerprint density at radius 2 is 1.64 bits per heavy atom. The van der Waals surface area contributed by atoms with Crippen molar-refractivity contribution < 1.29 is 4.79 Å². The fourth-order valence-corrected chi connectivity index (χ4v) is 3.95. The second-order valence-electron chi connectivity index (χ2n) is 7.69. The van der Waals surface area contributed by atoms with Crippen LogP contribution in [0.15, 0.2) is 54.6 Å². The molecule has 3 aromatic rings. The molecule has 146 valence electrons. The lowest BCUT2D eigenvalue weighted by molar-refractivity contribution is -0.117. The molecule has 1 amide bonds. The van der Waals surface area contributed by atoms with E-state index in [9.17, 15) is 4.79 Å². The summed E-state index contributed by atoms with van der Waals surface area (Å²) in [4.78, 5) is 17.3. The van der Waals surface area contributed by atoms with Gasteiger partial charge in [0.1, 0.15) is 5.82 Å². The third kappa shape index (κ3) is 3.96. The molecule has 1 aromatic heterocycles. The number of amides is 1. The molecular weight excluding hydrogens is 348 g/mol. The Labute approximate surface area is 166 Å². The van der Waals surface area contributed by atoms with Crippen molar-refractivity contribution in [3.63, 3.8) is 0 Å². The molecule has 1 aliphatic rings. The van der Waals surface area contributed by atoms with E-state index in [2.05, 4.69) is 82.2 Å². The van der Waals surface area contributed by atoms with Crippen molar-refractivity contribution in [2.75, 3.05) is 45.1 Å². The van der Waals surface area contributed by atoms with Crippen LogP contribution in [0, 0.1) is 6.92 Å². The van der Waals surface area contributed by atoms with Crippen LogP contribution < -0.4 is 5.32 Å². The first kappa shape index (κ1) is 18.7. The first-order valence-corrected chi connectivity index (χ1v) is 9.94. The number of carbonyl (C=O) groups excluding carboxylic acids is 1. The average Bonchev–Trinajstić information content (AvgIpc) is 2.97. The van der Waals surface area contributed by atoms with Gasteiger partial charge in [-0.1, -0.05) is 48.5 Å². The van der Waals surface area contributed by atoms with Crippen molar-refractivity contribution >= 4 is 22.6 Å². The van der Waals surface area contributed by atoms with Gasteiger partial charge in [0.2, 0.25) is 5.91 Å². The lowest BCUT2D eigenvalue weighted by Crippen LogP contribution is -2.47. The van der Waals surface area contributed by atoms with E-state index in [1.165, 1.54) is 10.9 Å². The van der Waals surface area contributed by atoms with Crippen LogP contribution in [-0.2, 0) is 11.3 Å². The minimum atomic E-state index is 0.0600. The molecular formula is C23H28N4O. The molecule has 1 N–H and O–H groups in total. The SMILES string of the molecule is Cc1c(NC(=O)CN2CCN(C)CC2)n(Cc2ccccc2)c2ccccc12. The number of nitrogens with zero attached hydrogens (tertiary/aromatic N) is 3. The maximum Gasteiger partial charge on any atom is 0.239 e. The van der Waals surface area contributed by atoms with Crippen LogP contribution in [0.3, 0.4) is 0 Å². The lowest BCUT2D eigenvalue weighted by atomic mass is 10.2. The Balaban J connectivity index is 1.59. The number of aryl methyl sites for hydroxylation is 1. The van der Waals surface area contributed by atoms with Gasteiger partial charge < -0.3 is 14.8 Å². The van der Waals surface area contributed by atoms with Crippen molar-refractivity contribution in [3.05, 3.63) is 65.7 Å². The highest BCUT2D eigenvalue weighted by molar-refractivity contribution is 5.98. The van der Waals surface area contributed by atoms with Crippen molar-refractivity contribution in [2.24, 2.45) is 0 Å². The zero-order valence-corrected chi connectivity index (χ0v) is 16.7. The summed E-state index contributed by atoms with van der Waals surface area (Å²) >= 11 is 0. The highest BCUT2D eigenvalue weighted by Crippen LogP contribution is 2.30. The molecule has 5 heteroatoms. The molecule has 28 heavy (non-hydrogen) atoms. The average molecular weight is 377 g/mol. The fraction of sp³-hybridized carbons (Fsp3) is 0.348. The van der Waals surface area contributed by atoms with Gasteiger partial charge in [-0.25, -0.2) is 0 Å². The van der Waals surface area contributed by atoms with Crippen molar-refractivity contribution in [3.8, 4) is 0 Å². The number of anilines is 1. The molecule has 1 aliphatic heterocycles. The van der Waals surface area contributed by atoms with E-state index in [0.717, 1.165) is 49.6 Å². The summed E-state index contributed by atoms with van der Waals surface area (Å²) in [5.74, 6) is 0.967. The Kier molecular flexibility index (Phi) is 5.46. The summed E-state index contributed by atoms with van der Waals surface area (Å²) in [7, 11) is 2.13. The highest BCUT2D eigenvalue weighted by atomic mass is 16.2. The smallest absolute Gasteiger partial charge is 0.239 e. The quantitative estimate of drug-likeness (QED) is 0.744. The number of hydrogen-bond donors (Lipinski definition) is 1. The normalized spacial score (nSPS) is 15.8. The van der Waals surface area contributed by atoms with Gasteiger partial charge in [-0.15, -0.1) is 0 Å². The maximum absolute atomic E-state index is 12.8. The number of hydrogen-bond acceptors (Lipinski definition) is 3. The number of para-hydroxylation sites is 1. The summed E-state index contributed by atoms with van der Waals surface area (Å²) in [6.45, 7) is 7.18. The standard InChI is InChI=1S/C23H28N4O/c1-18-20-10-6-7-11-21(20)27(16-19-8-4-3-5-9-19)23(18)24-22(28)17-26-14-12-25(2)13-15-26/h3-11H,12-17H2,1-2H3,(H,24,28). The van der Waals surface area contributed by atoms with E-state index in [-0.39, 0.29) is 5.91 Å². The van der Waals surface area contributed by atoms with Crippen LogP contribution >= 0.6 is 0 Å². The number of likely N-dealkylation sites (N-methyl/N-ethyl adjacent to an activating group) is 1. The molecule has 0 atom stereocenters. The van der Waals surface area contributed by atoms with E-state index in [4.69, 9.17) is 0 Å². The molecule has 1 fully saturated rings. The first-order chi connectivity index (χ1) is 13.6. The largest absolute Gasteiger partial charge is 0.323 e. The van der Waals surface area contributed by atoms with Crippen molar-refractivity contribution in [1.29, 1.82) is 0 Å². The molecule has 0 bridgehead atoms. The van der Waals surface area contributed by atoms with Crippen LogP contribution in [0.2, 0.25) is 0 Å². The van der Waals surface area contributed by atoms with Gasteiger partial charge in [-0.3, -0.25) is 9.69 Å². The van der Waals surface area contributed by atoms with Gasteiger partial charge >= 0.3 is 0 Å². The predicted octanol–water partition coefficient (Wildman–Crippen LogP) is 3.18. The minimum absolute atomic E-state index is 0.0600. The van der Waals surface area contributed by atoms with Gasteiger partial charge in [-0.05, 0) is 31.2 Å². The van der Waals surface area contributed by atoms with E-state index >= 15 is 0 Å².